The molecule has 0 saturated heterocycles. The van der Waals surface area contributed by atoms with Crippen molar-refractivity contribution in [2.75, 3.05) is 31.0 Å². The monoisotopic (exact) mass is 597 g/mol. The van der Waals surface area contributed by atoms with E-state index in [0.29, 0.717) is 33.5 Å². The molecule has 0 radical (unpaired) electrons. The summed E-state index contributed by atoms with van der Waals surface area (Å²) in [6, 6.07) is 25.9. The first-order valence-corrected chi connectivity index (χ1v) is 13.7. The number of carbonyl (C=O) groups excluding carboxylic acids is 4. The summed E-state index contributed by atoms with van der Waals surface area (Å²) in [7, 11) is 3.10. The smallest absolute Gasteiger partial charge is 0.299 e. The highest BCUT2D eigenvalue weighted by Gasteiger charge is 2.39. The minimum absolute atomic E-state index is 0.0176. The molecule has 0 saturated carbocycles. The molecule has 4 aromatic rings. The first-order valence-electron chi connectivity index (χ1n) is 13.4. The van der Waals surface area contributed by atoms with Crippen molar-refractivity contribution in [1.82, 2.24) is 4.90 Å². The van der Waals surface area contributed by atoms with Crippen molar-refractivity contribution in [1.29, 1.82) is 0 Å². The van der Waals surface area contributed by atoms with Crippen molar-refractivity contribution >= 4 is 46.5 Å². The zero-order chi connectivity index (χ0) is 30.5. The topological polar surface area (TPSA) is 105 Å². The SMILES string of the molecule is COc1ccc(CN(C(=O)CN2C(=O)C(=O)c3ccccc32)C(C(=O)Nc2ccc(OC)cc2)c2ccc(Cl)cc2)cc1. The number of nitrogens with one attached hydrogen (secondary N) is 1. The number of methoxy groups -OCH3 is 2. The number of carbonyl (C=O) groups is 4. The first kappa shape index (κ1) is 29.3. The van der Waals surface area contributed by atoms with Crippen LogP contribution in [0, 0.1) is 0 Å². The third-order valence-corrected chi connectivity index (χ3v) is 7.36. The Balaban J connectivity index is 1.54. The lowest BCUT2D eigenvalue weighted by atomic mass is 10.0. The zero-order valence-corrected chi connectivity index (χ0v) is 24.2. The largest absolute Gasteiger partial charge is 0.497 e. The Morgan fingerprint density at radius 3 is 2.07 bits per heavy atom. The van der Waals surface area contributed by atoms with Gasteiger partial charge in [-0.3, -0.25) is 24.1 Å². The van der Waals surface area contributed by atoms with Crippen molar-refractivity contribution in [3.05, 3.63) is 119 Å². The van der Waals surface area contributed by atoms with Crippen LogP contribution in [0.4, 0.5) is 11.4 Å². The number of anilines is 2. The molecule has 0 spiro atoms. The molecular weight excluding hydrogens is 570 g/mol. The Kier molecular flexibility index (Phi) is 8.73. The summed E-state index contributed by atoms with van der Waals surface area (Å²) in [6.45, 7) is -0.429. The molecule has 43 heavy (non-hydrogen) atoms. The average Bonchev–Trinajstić information content (AvgIpc) is 3.27. The van der Waals surface area contributed by atoms with Crippen molar-refractivity contribution in [3.63, 3.8) is 0 Å². The van der Waals surface area contributed by atoms with Gasteiger partial charge in [0.1, 0.15) is 24.1 Å². The van der Waals surface area contributed by atoms with Crippen LogP contribution < -0.4 is 19.7 Å². The highest BCUT2D eigenvalue weighted by Crippen LogP contribution is 2.31. The molecule has 4 aromatic carbocycles. The van der Waals surface area contributed by atoms with Gasteiger partial charge in [-0.2, -0.15) is 0 Å². The van der Waals surface area contributed by atoms with E-state index >= 15 is 0 Å². The lowest BCUT2D eigenvalue weighted by Gasteiger charge is -2.33. The summed E-state index contributed by atoms with van der Waals surface area (Å²) < 4.78 is 10.5. The van der Waals surface area contributed by atoms with Crippen LogP contribution in [0.3, 0.4) is 0 Å². The maximum atomic E-state index is 14.2. The van der Waals surface area contributed by atoms with E-state index in [1.165, 1.54) is 4.90 Å². The number of hydrogen-bond acceptors (Lipinski definition) is 6. The number of Topliss-reactive ketones (excluding diaryl/α,β-unsaturated/α-hetero) is 1. The molecule has 1 aliphatic heterocycles. The van der Waals surface area contributed by atoms with Crippen LogP contribution in [0.25, 0.3) is 0 Å². The lowest BCUT2D eigenvalue weighted by Crippen LogP contribution is -2.46. The average molecular weight is 598 g/mol. The molecule has 218 valence electrons. The number of benzene rings is 4. The molecule has 1 atom stereocenters. The maximum Gasteiger partial charge on any atom is 0.299 e. The highest BCUT2D eigenvalue weighted by atomic mass is 35.5. The molecule has 1 unspecified atom stereocenters. The van der Waals surface area contributed by atoms with Crippen LogP contribution in [0.15, 0.2) is 97.1 Å². The van der Waals surface area contributed by atoms with E-state index in [4.69, 9.17) is 21.1 Å². The van der Waals surface area contributed by atoms with E-state index in [9.17, 15) is 19.2 Å². The fraction of sp³-hybridized carbons (Fsp3) is 0.152. The molecule has 5 rings (SSSR count). The molecule has 0 fully saturated rings. The number of amides is 3. The number of rotatable bonds is 10. The van der Waals surface area contributed by atoms with Gasteiger partial charge in [0.2, 0.25) is 5.91 Å². The van der Waals surface area contributed by atoms with Gasteiger partial charge in [0.15, 0.2) is 0 Å². The molecule has 3 amide bonds. The van der Waals surface area contributed by atoms with Crippen molar-refractivity contribution in [2.24, 2.45) is 0 Å². The van der Waals surface area contributed by atoms with E-state index in [-0.39, 0.29) is 12.1 Å². The summed E-state index contributed by atoms with van der Waals surface area (Å²) in [5.41, 5.74) is 2.29. The molecule has 10 heteroatoms. The summed E-state index contributed by atoms with van der Waals surface area (Å²) in [4.78, 5) is 56.3. The Labute approximate surface area is 253 Å². The van der Waals surface area contributed by atoms with Crippen LogP contribution >= 0.6 is 11.6 Å². The summed E-state index contributed by atoms with van der Waals surface area (Å²) >= 11 is 6.16. The first-order chi connectivity index (χ1) is 20.8. The Bertz CT molecular complexity index is 1660. The predicted molar refractivity (Wildman–Crippen MR) is 162 cm³/mol. The van der Waals surface area contributed by atoms with Gasteiger partial charge < -0.3 is 19.7 Å². The predicted octanol–water partition coefficient (Wildman–Crippen LogP) is 5.30. The van der Waals surface area contributed by atoms with E-state index in [1.54, 1.807) is 111 Å². The number of halogens is 1. The van der Waals surface area contributed by atoms with Crippen molar-refractivity contribution in [2.45, 2.75) is 12.6 Å². The second kappa shape index (κ2) is 12.8. The molecule has 0 bridgehead atoms. The Morgan fingerprint density at radius 2 is 1.44 bits per heavy atom. The van der Waals surface area contributed by atoms with Gasteiger partial charge in [0.25, 0.3) is 17.6 Å². The fourth-order valence-electron chi connectivity index (χ4n) is 4.89. The van der Waals surface area contributed by atoms with Gasteiger partial charge in [-0.05, 0) is 71.8 Å². The lowest BCUT2D eigenvalue weighted by molar-refractivity contribution is -0.139. The van der Waals surface area contributed by atoms with Crippen LogP contribution in [0.5, 0.6) is 11.5 Å². The van der Waals surface area contributed by atoms with Gasteiger partial charge in [0, 0.05) is 17.3 Å². The minimum Gasteiger partial charge on any atom is -0.497 e. The number of ketones is 1. The number of hydrogen-bond donors (Lipinski definition) is 1. The zero-order valence-electron chi connectivity index (χ0n) is 23.5. The van der Waals surface area contributed by atoms with E-state index in [0.717, 1.165) is 10.5 Å². The van der Waals surface area contributed by atoms with Gasteiger partial charge in [-0.25, -0.2) is 0 Å². The quantitative estimate of drug-likeness (QED) is 0.249. The van der Waals surface area contributed by atoms with Gasteiger partial charge in [-0.1, -0.05) is 48.0 Å². The molecule has 0 aromatic heterocycles. The molecule has 9 nitrogen and oxygen atoms in total. The second-order valence-corrected chi connectivity index (χ2v) is 10.2. The summed E-state index contributed by atoms with van der Waals surface area (Å²) in [6.07, 6.45) is 0. The third kappa shape index (κ3) is 6.37. The number of para-hydroxylation sites is 1. The van der Waals surface area contributed by atoms with Gasteiger partial charge in [-0.15, -0.1) is 0 Å². The summed E-state index contributed by atoms with van der Waals surface area (Å²) in [5.74, 6) is -1.27. The van der Waals surface area contributed by atoms with Crippen LogP contribution in [-0.4, -0.2) is 49.2 Å². The molecule has 1 heterocycles. The van der Waals surface area contributed by atoms with E-state index in [1.807, 2.05) is 0 Å². The van der Waals surface area contributed by atoms with Crippen LogP contribution in [0.2, 0.25) is 5.02 Å². The maximum absolute atomic E-state index is 14.2. The van der Waals surface area contributed by atoms with E-state index < -0.39 is 36.1 Å². The Hall–Kier alpha value is -5.15. The highest BCUT2D eigenvalue weighted by molar-refractivity contribution is 6.52. The summed E-state index contributed by atoms with van der Waals surface area (Å²) in [5, 5.41) is 3.36. The van der Waals surface area contributed by atoms with Crippen molar-refractivity contribution < 1.29 is 28.7 Å². The minimum atomic E-state index is -1.13. The third-order valence-electron chi connectivity index (χ3n) is 7.11. The standard InChI is InChI=1S/C33H28ClN3O6/c1-42-25-15-7-21(8-16-25)19-37(29(38)20-36-28-6-4-3-5-27(28)31(39)33(36)41)30(22-9-11-23(34)12-10-22)32(40)35-24-13-17-26(43-2)18-14-24/h3-18,30H,19-20H2,1-2H3,(H,35,40). The molecule has 1 N–H and O–H groups in total. The molecule has 0 aliphatic carbocycles. The molecular formula is C33H28ClN3O6. The Morgan fingerprint density at radius 1 is 0.837 bits per heavy atom. The number of nitrogens with zero attached hydrogens (tertiary/aromatic N) is 2. The van der Waals surface area contributed by atoms with E-state index in [2.05, 4.69) is 5.32 Å². The number of fused-ring (bicyclic) bond motifs is 1. The van der Waals surface area contributed by atoms with Gasteiger partial charge >= 0.3 is 0 Å². The normalized spacial score (nSPS) is 12.9. The van der Waals surface area contributed by atoms with Gasteiger partial charge in [0.05, 0.1) is 25.5 Å². The van der Waals surface area contributed by atoms with Crippen molar-refractivity contribution in [3.8, 4) is 11.5 Å². The van der Waals surface area contributed by atoms with Crippen LogP contribution in [-0.2, 0) is 20.9 Å². The fourth-order valence-corrected chi connectivity index (χ4v) is 5.01. The number of ether oxygens (including phenoxy) is 2. The second-order valence-electron chi connectivity index (χ2n) is 9.78. The molecule has 1 aliphatic rings. The van der Waals surface area contributed by atoms with Crippen LogP contribution in [0.1, 0.15) is 27.5 Å².